The Kier molecular flexibility index (Phi) is 3.11. The second-order valence-electron chi connectivity index (χ2n) is 2.05. The zero-order chi connectivity index (χ0) is 9.14. The van der Waals surface area contributed by atoms with Gasteiger partial charge in [-0.2, -0.15) is 0 Å². The van der Waals surface area contributed by atoms with Gasteiger partial charge in [-0.3, -0.25) is 4.79 Å². The minimum absolute atomic E-state index is 0.115. The summed E-state index contributed by atoms with van der Waals surface area (Å²) in [7, 11) is 0. The van der Waals surface area contributed by atoms with Crippen LogP contribution in [0.3, 0.4) is 0 Å². The van der Waals surface area contributed by atoms with E-state index in [0.29, 0.717) is 4.47 Å². The number of anilines is 1. The van der Waals surface area contributed by atoms with Crippen LogP contribution in [0.5, 0.6) is 0 Å². The smallest absolute Gasteiger partial charge is 0.280 e. The van der Waals surface area contributed by atoms with Crippen molar-refractivity contribution >= 4 is 39.5 Å². The quantitative estimate of drug-likeness (QED) is 0.737. The van der Waals surface area contributed by atoms with Crippen LogP contribution in [0, 0.1) is 5.82 Å². The molecule has 0 heterocycles. The van der Waals surface area contributed by atoms with Crippen molar-refractivity contribution in [2.45, 2.75) is 0 Å². The Morgan fingerprint density at radius 3 is 2.83 bits per heavy atom. The Bertz CT molecular complexity index is 318. The van der Waals surface area contributed by atoms with Crippen LogP contribution >= 0.6 is 28.6 Å². The highest BCUT2D eigenvalue weighted by Gasteiger charge is 2.03. The summed E-state index contributed by atoms with van der Waals surface area (Å²) < 4.78 is 13.6. The number of benzene rings is 1. The van der Waals surface area contributed by atoms with Gasteiger partial charge in [-0.05, 0) is 18.2 Å². The molecule has 0 aliphatic carbocycles. The largest absolute Gasteiger partial charge is 0.314 e. The molecule has 0 radical (unpaired) electrons. The van der Waals surface area contributed by atoms with Gasteiger partial charge >= 0.3 is 0 Å². The van der Waals surface area contributed by atoms with Crippen molar-refractivity contribution in [1.82, 2.24) is 0 Å². The zero-order valence-electron chi connectivity index (χ0n) is 5.84. The summed E-state index contributed by atoms with van der Waals surface area (Å²) in [5, 5.41) is 1.64. The molecule has 0 spiro atoms. The van der Waals surface area contributed by atoms with E-state index in [1.165, 1.54) is 12.1 Å². The molecule has 1 amide bonds. The van der Waals surface area contributed by atoms with Crippen LogP contribution in [-0.2, 0) is 0 Å². The Labute approximate surface area is 82.7 Å². The van der Waals surface area contributed by atoms with Gasteiger partial charge in [0.25, 0.3) is 5.24 Å². The fourth-order valence-electron chi connectivity index (χ4n) is 0.708. The van der Waals surface area contributed by atoms with Gasteiger partial charge in [-0.25, -0.2) is 4.39 Å². The second-order valence-corrected chi connectivity index (χ2v) is 3.38. The summed E-state index contributed by atoms with van der Waals surface area (Å²) in [6, 6.07) is 4.26. The monoisotopic (exact) mass is 249 g/mol. The van der Waals surface area contributed by atoms with Crippen molar-refractivity contribution < 1.29 is 9.18 Å². The fraction of sp³-hybridized carbons (Fsp3) is 0. The molecule has 0 bridgehead atoms. The molecule has 64 valence electrons. The third kappa shape index (κ3) is 2.49. The third-order valence-electron chi connectivity index (χ3n) is 1.17. The van der Waals surface area contributed by atoms with E-state index in [-0.39, 0.29) is 5.69 Å². The van der Waals surface area contributed by atoms with E-state index in [1.807, 2.05) is 0 Å². The van der Waals surface area contributed by atoms with Crippen molar-refractivity contribution in [3.63, 3.8) is 0 Å². The molecule has 1 aromatic rings. The maximum Gasteiger partial charge on any atom is 0.280 e. The molecule has 0 atom stereocenters. The first kappa shape index (κ1) is 9.54. The molecule has 1 N–H and O–H groups in total. The van der Waals surface area contributed by atoms with Crippen molar-refractivity contribution in [3.8, 4) is 0 Å². The summed E-state index contributed by atoms with van der Waals surface area (Å²) in [5.74, 6) is -0.486. The van der Waals surface area contributed by atoms with E-state index in [1.54, 1.807) is 6.07 Å². The van der Waals surface area contributed by atoms with Crippen LogP contribution in [0.1, 0.15) is 0 Å². The van der Waals surface area contributed by atoms with Gasteiger partial charge in [-0.1, -0.05) is 28.6 Å². The maximum atomic E-state index is 12.9. The van der Waals surface area contributed by atoms with Crippen LogP contribution in [-0.4, -0.2) is 5.24 Å². The maximum absolute atomic E-state index is 12.9. The molecule has 1 rings (SSSR count). The van der Waals surface area contributed by atoms with Gasteiger partial charge in [0.1, 0.15) is 5.82 Å². The number of halogens is 2. The molecule has 0 aliphatic rings. The first-order valence-corrected chi connectivity index (χ1v) is 4.28. The topological polar surface area (TPSA) is 29.1 Å². The standard InChI is InChI=1S/C7H5BrFNOS/c8-4-1-2-5(9)6(3-4)10-7(11)12/h1-3H,(H2,10,11,12). The number of hydrogen-bond donors (Lipinski definition) is 2. The lowest BCUT2D eigenvalue weighted by Crippen LogP contribution is -2.02. The summed E-state index contributed by atoms with van der Waals surface area (Å²) >= 11 is 6.60. The van der Waals surface area contributed by atoms with E-state index in [0.717, 1.165) is 0 Å². The van der Waals surface area contributed by atoms with Gasteiger partial charge in [-0.15, -0.1) is 0 Å². The predicted molar refractivity (Wildman–Crippen MR) is 52.1 cm³/mol. The molecule has 0 saturated carbocycles. The minimum atomic E-state index is -0.591. The molecule has 0 unspecified atom stereocenters. The van der Waals surface area contributed by atoms with Crippen LogP contribution in [0.25, 0.3) is 0 Å². The van der Waals surface area contributed by atoms with E-state index in [9.17, 15) is 9.18 Å². The molecule has 0 saturated heterocycles. The molecule has 5 heteroatoms. The number of thiol groups is 1. The highest BCUT2D eigenvalue weighted by molar-refractivity contribution is 9.10. The lowest BCUT2D eigenvalue weighted by Gasteiger charge is -2.02. The van der Waals surface area contributed by atoms with Crippen molar-refractivity contribution in [1.29, 1.82) is 0 Å². The summed E-state index contributed by atoms with van der Waals surface area (Å²) in [4.78, 5) is 10.4. The molecule has 1 aromatic carbocycles. The molecule has 12 heavy (non-hydrogen) atoms. The van der Waals surface area contributed by atoms with Gasteiger partial charge in [0.15, 0.2) is 0 Å². The Hall–Kier alpha value is -0.550. The number of amides is 1. The Balaban J connectivity index is 2.97. The number of rotatable bonds is 1. The molecule has 0 aliphatic heterocycles. The fourth-order valence-corrected chi connectivity index (χ4v) is 1.19. The first-order chi connectivity index (χ1) is 5.59. The Morgan fingerprint density at radius 1 is 1.58 bits per heavy atom. The van der Waals surface area contributed by atoms with Crippen LogP contribution < -0.4 is 5.32 Å². The molecular formula is C7H5BrFNOS. The van der Waals surface area contributed by atoms with Gasteiger partial charge in [0.2, 0.25) is 0 Å². The highest BCUT2D eigenvalue weighted by atomic mass is 79.9. The molecule has 0 aromatic heterocycles. The van der Waals surface area contributed by atoms with E-state index in [2.05, 4.69) is 33.9 Å². The normalized spacial score (nSPS) is 9.58. The van der Waals surface area contributed by atoms with Gasteiger partial charge < -0.3 is 5.32 Å². The lowest BCUT2D eigenvalue weighted by molar-refractivity contribution is 0.270. The van der Waals surface area contributed by atoms with Crippen molar-refractivity contribution in [3.05, 3.63) is 28.5 Å². The Morgan fingerprint density at radius 2 is 2.25 bits per heavy atom. The van der Waals surface area contributed by atoms with Crippen LogP contribution in [0.2, 0.25) is 0 Å². The van der Waals surface area contributed by atoms with Crippen LogP contribution in [0.4, 0.5) is 14.9 Å². The second kappa shape index (κ2) is 3.91. The number of carbonyl (C=O) groups excluding carboxylic acids is 1. The van der Waals surface area contributed by atoms with E-state index in [4.69, 9.17) is 0 Å². The molecule has 0 fully saturated rings. The number of hydrogen-bond acceptors (Lipinski definition) is 1. The average molecular weight is 250 g/mol. The first-order valence-electron chi connectivity index (χ1n) is 3.04. The van der Waals surface area contributed by atoms with E-state index < -0.39 is 11.1 Å². The summed E-state index contributed by atoms with van der Waals surface area (Å²) in [5.41, 5.74) is 0.115. The average Bonchev–Trinajstić information content (AvgIpc) is 1.96. The van der Waals surface area contributed by atoms with Gasteiger partial charge in [0, 0.05) is 4.47 Å². The lowest BCUT2D eigenvalue weighted by atomic mass is 10.3. The van der Waals surface area contributed by atoms with Crippen molar-refractivity contribution in [2.24, 2.45) is 0 Å². The summed E-state index contributed by atoms with van der Waals surface area (Å²) in [6.45, 7) is 0. The highest BCUT2D eigenvalue weighted by Crippen LogP contribution is 2.20. The molecule has 2 nitrogen and oxygen atoms in total. The minimum Gasteiger partial charge on any atom is -0.314 e. The third-order valence-corrected chi connectivity index (χ3v) is 1.78. The molecular weight excluding hydrogens is 245 g/mol. The summed E-state index contributed by atoms with van der Waals surface area (Å²) in [6.07, 6.45) is 0. The van der Waals surface area contributed by atoms with E-state index >= 15 is 0 Å². The number of carbonyl (C=O) groups is 1. The predicted octanol–water partition coefficient (Wildman–Crippen LogP) is 3.05. The van der Waals surface area contributed by atoms with Crippen LogP contribution in [0.15, 0.2) is 22.7 Å². The van der Waals surface area contributed by atoms with Gasteiger partial charge in [0.05, 0.1) is 5.69 Å². The van der Waals surface area contributed by atoms with Crippen molar-refractivity contribution in [2.75, 3.05) is 5.32 Å². The zero-order valence-corrected chi connectivity index (χ0v) is 8.32. The number of nitrogens with one attached hydrogen (secondary N) is 1. The SMILES string of the molecule is O=C(S)Nc1cc(Br)ccc1F.